The van der Waals surface area contributed by atoms with Gasteiger partial charge in [0.05, 0.1) is 11.1 Å². The Morgan fingerprint density at radius 3 is 2.95 bits per heavy atom. The highest BCUT2D eigenvalue weighted by Crippen LogP contribution is 2.34. The summed E-state index contributed by atoms with van der Waals surface area (Å²) in [5.41, 5.74) is 9.61. The first-order valence-corrected chi connectivity index (χ1v) is 6.24. The lowest BCUT2D eigenvalue weighted by atomic mass is 10.1. The molecule has 4 aromatic rings. The molecule has 0 saturated heterocycles. The van der Waals surface area contributed by atoms with Crippen molar-refractivity contribution >= 4 is 27.8 Å². The van der Waals surface area contributed by atoms with Gasteiger partial charge >= 0.3 is 0 Å². The number of aromatic nitrogens is 5. The minimum Gasteiger partial charge on any atom is -0.383 e. The van der Waals surface area contributed by atoms with E-state index in [1.165, 1.54) is 6.33 Å². The molecular weight excluding hydrogens is 252 g/mol. The van der Waals surface area contributed by atoms with Crippen LogP contribution in [-0.4, -0.2) is 24.7 Å². The lowest BCUT2D eigenvalue weighted by molar-refractivity contribution is 0.969. The van der Waals surface area contributed by atoms with E-state index in [-0.39, 0.29) is 0 Å². The normalized spacial score (nSPS) is 11.4. The second-order valence-corrected chi connectivity index (χ2v) is 4.73. The van der Waals surface area contributed by atoms with Gasteiger partial charge in [-0.25, -0.2) is 9.97 Å². The minimum atomic E-state index is 0.437. The first-order valence-electron chi connectivity index (χ1n) is 6.24. The maximum absolute atomic E-state index is 5.97. The zero-order valence-electron chi connectivity index (χ0n) is 10.8. The number of benzene rings is 1. The lowest BCUT2D eigenvalue weighted by Crippen LogP contribution is -1.92. The second kappa shape index (κ2) is 3.80. The molecule has 0 atom stereocenters. The van der Waals surface area contributed by atoms with E-state index in [4.69, 9.17) is 5.73 Å². The van der Waals surface area contributed by atoms with Crippen molar-refractivity contribution in [2.75, 3.05) is 5.73 Å². The summed E-state index contributed by atoms with van der Waals surface area (Å²) in [5, 5.41) is 9.15. The van der Waals surface area contributed by atoms with Gasteiger partial charge in [0.25, 0.3) is 0 Å². The average Bonchev–Trinajstić information content (AvgIpc) is 3.02. The molecule has 0 bridgehead atoms. The van der Waals surface area contributed by atoms with Gasteiger partial charge in [-0.3, -0.25) is 5.10 Å². The summed E-state index contributed by atoms with van der Waals surface area (Å²) in [5.74, 6) is 0.437. The number of aromatic amines is 1. The van der Waals surface area contributed by atoms with Gasteiger partial charge in [0.2, 0.25) is 0 Å². The fourth-order valence-electron chi connectivity index (χ4n) is 2.61. The van der Waals surface area contributed by atoms with Crippen LogP contribution in [0.3, 0.4) is 0 Å². The second-order valence-electron chi connectivity index (χ2n) is 4.73. The van der Waals surface area contributed by atoms with Gasteiger partial charge in [-0.1, -0.05) is 18.2 Å². The fraction of sp³-hybridized carbons (Fsp3) is 0.0714. The van der Waals surface area contributed by atoms with E-state index < -0.39 is 0 Å². The van der Waals surface area contributed by atoms with Crippen LogP contribution in [0.5, 0.6) is 0 Å². The van der Waals surface area contributed by atoms with Gasteiger partial charge in [0, 0.05) is 29.7 Å². The van der Waals surface area contributed by atoms with Crippen LogP contribution in [0.2, 0.25) is 0 Å². The first-order chi connectivity index (χ1) is 9.75. The van der Waals surface area contributed by atoms with Crippen molar-refractivity contribution in [2.45, 2.75) is 0 Å². The number of hydrogen-bond acceptors (Lipinski definition) is 4. The highest BCUT2D eigenvalue weighted by atomic mass is 15.2. The molecule has 0 amide bonds. The van der Waals surface area contributed by atoms with Crippen LogP contribution in [-0.2, 0) is 7.05 Å². The zero-order chi connectivity index (χ0) is 13.7. The standard InChI is InChI=1S/C14H12N6/c1-20-6-9(8-4-2-3-5-10(8)20)12-11-13(15)16-7-17-14(11)19-18-12/h2-7H,1H3,(H3,15,16,17,18,19). The molecular formula is C14H12N6. The third kappa shape index (κ3) is 1.36. The molecule has 98 valence electrons. The molecule has 0 aliphatic heterocycles. The molecule has 0 aliphatic carbocycles. The highest BCUT2D eigenvalue weighted by molar-refractivity contribution is 6.05. The highest BCUT2D eigenvalue weighted by Gasteiger charge is 2.16. The summed E-state index contributed by atoms with van der Waals surface area (Å²) in [7, 11) is 2.02. The van der Waals surface area contributed by atoms with Crippen molar-refractivity contribution in [2.24, 2.45) is 7.05 Å². The maximum atomic E-state index is 5.97. The summed E-state index contributed by atoms with van der Waals surface area (Å²) in [4.78, 5) is 8.19. The summed E-state index contributed by atoms with van der Waals surface area (Å²) in [6.07, 6.45) is 3.48. The summed E-state index contributed by atoms with van der Waals surface area (Å²) >= 11 is 0. The molecule has 0 unspecified atom stereocenters. The number of nitrogen functional groups attached to an aromatic ring is 1. The number of rotatable bonds is 1. The minimum absolute atomic E-state index is 0.437. The Balaban J connectivity index is 2.12. The Hall–Kier alpha value is -2.89. The van der Waals surface area contributed by atoms with E-state index in [2.05, 4.69) is 43.1 Å². The number of anilines is 1. The summed E-state index contributed by atoms with van der Waals surface area (Å²) in [6.45, 7) is 0. The molecule has 6 nitrogen and oxygen atoms in total. The Morgan fingerprint density at radius 1 is 1.20 bits per heavy atom. The molecule has 3 aromatic heterocycles. The van der Waals surface area contributed by atoms with E-state index in [0.717, 1.165) is 27.5 Å². The zero-order valence-corrected chi connectivity index (χ0v) is 10.8. The van der Waals surface area contributed by atoms with Crippen LogP contribution in [0.25, 0.3) is 33.2 Å². The third-order valence-electron chi connectivity index (χ3n) is 3.55. The van der Waals surface area contributed by atoms with E-state index in [1.807, 2.05) is 19.2 Å². The molecule has 0 fully saturated rings. The number of nitrogens with zero attached hydrogens (tertiary/aromatic N) is 4. The monoisotopic (exact) mass is 264 g/mol. The van der Waals surface area contributed by atoms with Crippen LogP contribution < -0.4 is 5.73 Å². The molecule has 6 heteroatoms. The van der Waals surface area contributed by atoms with E-state index in [9.17, 15) is 0 Å². The molecule has 0 spiro atoms. The summed E-state index contributed by atoms with van der Waals surface area (Å²) in [6, 6.07) is 8.20. The first kappa shape index (κ1) is 11.0. The van der Waals surface area contributed by atoms with Crippen LogP contribution in [0.1, 0.15) is 0 Å². The lowest BCUT2D eigenvalue weighted by Gasteiger charge is -1.98. The maximum Gasteiger partial charge on any atom is 0.186 e. The van der Waals surface area contributed by atoms with Crippen molar-refractivity contribution in [1.29, 1.82) is 0 Å². The van der Waals surface area contributed by atoms with Crippen LogP contribution in [0.15, 0.2) is 36.8 Å². The number of hydrogen-bond donors (Lipinski definition) is 2. The van der Waals surface area contributed by atoms with Gasteiger partial charge < -0.3 is 10.3 Å². The molecule has 4 rings (SSSR count). The van der Waals surface area contributed by atoms with Crippen molar-refractivity contribution in [3.8, 4) is 11.3 Å². The topological polar surface area (TPSA) is 85.4 Å². The largest absolute Gasteiger partial charge is 0.383 e. The third-order valence-corrected chi connectivity index (χ3v) is 3.55. The molecule has 3 N–H and O–H groups in total. The van der Waals surface area contributed by atoms with E-state index in [0.29, 0.717) is 11.5 Å². The molecule has 0 radical (unpaired) electrons. The van der Waals surface area contributed by atoms with Crippen molar-refractivity contribution in [3.05, 3.63) is 36.8 Å². The van der Waals surface area contributed by atoms with Gasteiger partial charge in [0.1, 0.15) is 12.1 Å². The number of para-hydroxylation sites is 1. The molecule has 0 aliphatic rings. The Bertz CT molecular complexity index is 933. The fourth-order valence-corrected chi connectivity index (χ4v) is 2.61. The SMILES string of the molecule is Cn1cc(-c2[nH]nc3ncnc(N)c23)c2ccccc21. The Labute approximate surface area is 114 Å². The molecule has 3 heterocycles. The van der Waals surface area contributed by atoms with Crippen molar-refractivity contribution in [1.82, 2.24) is 24.7 Å². The van der Waals surface area contributed by atoms with Gasteiger partial charge in [-0.05, 0) is 6.07 Å². The smallest absolute Gasteiger partial charge is 0.186 e. The van der Waals surface area contributed by atoms with Crippen molar-refractivity contribution < 1.29 is 0 Å². The number of fused-ring (bicyclic) bond motifs is 2. The predicted molar refractivity (Wildman–Crippen MR) is 78.0 cm³/mol. The number of nitrogens with two attached hydrogens (primary N) is 1. The van der Waals surface area contributed by atoms with Crippen LogP contribution in [0.4, 0.5) is 5.82 Å². The van der Waals surface area contributed by atoms with Gasteiger partial charge in [-0.15, -0.1) is 0 Å². The Morgan fingerprint density at radius 2 is 2.05 bits per heavy atom. The van der Waals surface area contributed by atoms with Crippen LogP contribution >= 0.6 is 0 Å². The molecule has 0 saturated carbocycles. The average molecular weight is 264 g/mol. The van der Waals surface area contributed by atoms with E-state index >= 15 is 0 Å². The quantitative estimate of drug-likeness (QED) is 0.551. The van der Waals surface area contributed by atoms with E-state index in [1.54, 1.807) is 0 Å². The summed E-state index contributed by atoms with van der Waals surface area (Å²) < 4.78 is 2.08. The van der Waals surface area contributed by atoms with Crippen LogP contribution in [0, 0.1) is 0 Å². The molecule has 1 aromatic carbocycles. The van der Waals surface area contributed by atoms with Crippen molar-refractivity contribution in [3.63, 3.8) is 0 Å². The molecule has 20 heavy (non-hydrogen) atoms. The van der Waals surface area contributed by atoms with Gasteiger partial charge in [0.15, 0.2) is 5.65 Å². The number of aryl methyl sites for hydroxylation is 1. The Kier molecular flexibility index (Phi) is 2.09. The number of H-pyrrole nitrogens is 1. The predicted octanol–water partition coefficient (Wildman–Crippen LogP) is 2.09. The number of nitrogens with one attached hydrogen (secondary N) is 1. The van der Waals surface area contributed by atoms with Gasteiger partial charge in [-0.2, -0.15) is 5.10 Å².